The lowest BCUT2D eigenvalue weighted by atomic mass is 9.55. The molecule has 0 radical (unpaired) electrons. The van der Waals surface area contributed by atoms with Crippen LogP contribution < -0.4 is 4.74 Å². The van der Waals surface area contributed by atoms with Crippen LogP contribution in [0.2, 0.25) is 0 Å². The lowest BCUT2D eigenvalue weighted by molar-refractivity contribution is -0.129. The molecule has 0 unspecified atom stereocenters. The van der Waals surface area contributed by atoms with Gasteiger partial charge in [0.05, 0.1) is 18.7 Å². The summed E-state index contributed by atoms with van der Waals surface area (Å²) in [5, 5.41) is 0.785. The molecular formula is C24H26N4O2S. The second-order valence-electron chi connectivity index (χ2n) is 9.42. The Morgan fingerprint density at radius 3 is 3.00 bits per heavy atom. The maximum Gasteiger partial charge on any atom is 0.181 e. The van der Waals surface area contributed by atoms with Gasteiger partial charge in [0, 0.05) is 5.41 Å². The third-order valence-electron chi connectivity index (χ3n) is 8.09. The van der Waals surface area contributed by atoms with E-state index in [0.717, 1.165) is 48.4 Å². The highest BCUT2D eigenvalue weighted by molar-refractivity contribution is 8.00. The second-order valence-corrected chi connectivity index (χ2v) is 10.6. The number of hydrogen-bond donors (Lipinski definition) is 1. The smallest absolute Gasteiger partial charge is 0.181 e. The number of aromatic amines is 1. The summed E-state index contributed by atoms with van der Waals surface area (Å²) >= 11 is 1.60. The molecule has 3 aliphatic rings. The van der Waals surface area contributed by atoms with Gasteiger partial charge < -0.3 is 9.72 Å². The Morgan fingerprint density at radius 1 is 1.23 bits per heavy atom. The summed E-state index contributed by atoms with van der Waals surface area (Å²) in [6.45, 7) is 2.23. The molecule has 3 aliphatic carbocycles. The Kier molecular flexibility index (Phi) is 4.39. The number of fused-ring (bicyclic) bond motifs is 6. The number of ether oxygens (including phenoxy) is 1. The molecule has 5 atom stereocenters. The molecule has 31 heavy (non-hydrogen) atoms. The number of benzene rings is 1. The van der Waals surface area contributed by atoms with E-state index < -0.39 is 0 Å². The number of aryl methyl sites for hydroxylation is 1. The van der Waals surface area contributed by atoms with Crippen molar-refractivity contribution in [3.8, 4) is 5.75 Å². The molecule has 0 bridgehead atoms. The van der Waals surface area contributed by atoms with E-state index in [1.807, 2.05) is 0 Å². The van der Waals surface area contributed by atoms with Crippen molar-refractivity contribution in [3.63, 3.8) is 0 Å². The summed E-state index contributed by atoms with van der Waals surface area (Å²) in [5.41, 5.74) is 4.19. The van der Waals surface area contributed by atoms with Crippen LogP contribution in [0.5, 0.6) is 5.75 Å². The number of carbonyl (C=O) groups is 1. The van der Waals surface area contributed by atoms with Gasteiger partial charge in [-0.1, -0.05) is 24.8 Å². The normalized spacial score (nSPS) is 31.9. The van der Waals surface area contributed by atoms with Crippen LogP contribution in [0.25, 0.3) is 11.2 Å². The molecule has 2 fully saturated rings. The van der Waals surface area contributed by atoms with Crippen LogP contribution in [0.1, 0.15) is 49.7 Å². The number of ketones is 1. The van der Waals surface area contributed by atoms with Crippen molar-refractivity contribution in [2.75, 3.05) is 7.11 Å². The Morgan fingerprint density at radius 2 is 2.13 bits per heavy atom. The third-order valence-corrected chi connectivity index (χ3v) is 9.31. The molecular weight excluding hydrogens is 408 g/mol. The van der Waals surface area contributed by atoms with E-state index in [0.29, 0.717) is 29.2 Å². The number of aromatic nitrogens is 4. The quantitative estimate of drug-likeness (QED) is 0.609. The predicted molar refractivity (Wildman–Crippen MR) is 119 cm³/mol. The number of imidazole rings is 1. The highest BCUT2D eigenvalue weighted by atomic mass is 32.2. The van der Waals surface area contributed by atoms with Crippen molar-refractivity contribution in [2.24, 2.45) is 17.3 Å². The first-order valence-corrected chi connectivity index (χ1v) is 12.0. The van der Waals surface area contributed by atoms with Gasteiger partial charge in [0.15, 0.2) is 11.4 Å². The van der Waals surface area contributed by atoms with Crippen LogP contribution in [0, 0.1) is 17.3 Å². The summed E-state index contributed by atoms with van der Waals surface area (Å²) in [7, 11) is 1.73. The first-order valence-electron chi connectivity index (χ1n) is 11.1. The summed E-state index contributed by atoms with van der Waals surface area (Å²) < 4.78 is 5.45. The van der Waals surface area contributed by atoms with Crippen LogP contribution in [-0.4, -0.2) is 38.1 Å². The van der Waals surface area contributed by atoms with Gasteiger partial charge >= 0.3 is 0 Å². The highest BCUT2D eigenvalue weighted by Crippen LogP contribution is 2.61. The monoisotopic (exact) mass is 434 g/mol. The van der Waals surface area contributed by atoms with E-state index in [1.54, 1.807) is 31.5 Å². The Labute approximate surface area is 185 Å². The third kappa shape index (κ3) is 2.85. The molecule has 2 heterocycles. The molecule has 6 rings (SSSR count). The van der Waals surface area contributed by atoms with Gasteiger partial charge in [0.25, 0.3) is 0 Å². The molecule has 3 aromatic rings. The fraction of sp³-hybridized carbons (Fsp3) is 0.500. The van der Waals surface area contributed by atoms with Crippen molar-refractivity contribution < 1.29 is 9.53 Å². The topological polar surface area (TPSA) is 80.8 Å². The second kappa shape index (κ2) is 7.05. The maximum absolute atomic E-state index is 13.6. The van der Waals surface area contributed by atoms with Crippen molar-refractivity contribution in [1.29, 1.82) is 0 Å². The first kappa shape index (κ1) is 19.3. The Balaban J connectivity index is 1.30. The molecule has 2 saturated carbocycles. The summed E-state index contributed by atoms with van der Waals surface area (Å²) in [6.07, 6.45) is 8.43. The molecule has 1 N–H and O–H groups in total. The van der Waals surface area contributed by atoms with E-state index in [1.165, 1.54) is 11.1 Å². The number of Topliss-reactive ketones (excluding diaryl/α,β-unsaturated/α-hetero) is 1. The standard InChI is InChI=1S/C24H26N4O2S/c1-24-8-7-16-15-6-4-14(30-2)9-13(15)3-5-17(16)18(24)10-19(21(24)29)31-23-20-22(26-11-25-20)27-12-28-23/h4,6,9,11-12,16-19H,3,5,7-8,10H2,1-2H3,(H,25,26,27,28)/t16-,17+,18+,19+,24-/m1/s1. The molecule has 0 spiro atoms. The van der Waals surface area contributed by atoms with E-state index in [9.17, 15) is 4.79 Å². The van der Waals surface area contributed by atoms with Crippen LogP contribution in [0.15, 0.2) is 35.9 Å². The zero-order valence-electron chi connectivity index (χ0n) is 17.8. The number of hydrogen-bond acceptors (Lipinski definition) is 6. The summed E-state index contributed by atoms with van der Waals surface area (Å²) in [6, 6.07) is 6.58. The van der Waals surface area contributed by atoms with Crippen LogP contribution in [0.4, 0.5) is 0 Å². The number of carbonyl (C=O) groups excluding carboxylic acids is 1. The van der Waals surface area contributed by atoms with Gasteiger partial charge in [-0.3, -0.25) is 4.79 Å². The van der Waals surface area contributed by atoms with Gasteiger partial charge in [0.2, 0.25) is 0 Å². The van der Waals surface area contributed by atoms with Gasteiger partial charge in [-0.15, -0.1) is 0 Å². The highest BCUT2D eigenvalue weighted by Gasteiger charge is 2.58. The largest absolute Gasteiger partial charge is 0.497 e. The Bertz CT molecular complexity index is 1180. The lowest BCUT2D eigenvalue weighted by Gasteiger charge is -2.48. The van der Waals surface area contributed by atoms with Crippen LogP contribution >= 0.6 is 11.8 Å². The number of H-pyrrole nitrogens is 1. The minimum atomic E-state index is -0.219. The van der Waals surface area contributed by atoms with E-state index in [2.05, 4.69) is 45.1 Å². The van der Waals surface area contributed by atoms with Crippen molar-refractivity contribution in [2.45, 2.75) is 55.2 Å². The maximum atomic E-state index is 13.6. The fourth-order valence-electron chi connectivity index (χ4n) is 6.52. The zero-order chi connectivity index (χ0) is 21.2. The lowest BCUT2D eigenvalue weighted by Crippen LogP contribution is -2.42. The molecule has 160 valence electrons. The van der Waals surface area contributed by atoms with Gasteiger partial charge in [-0.05, 0) is 73.1 Å². The molecule has 2 aromatic heterocycles. The van der Waals surface area contributed by atoms with E-state index in [4.69, 9.17) is 4.74 Å². The molecule has 0 amide bonds. The molecule has 6 nitrogen and oxygen atoms in total. The van der Waals surface area contributed by atoms with E-state index >= 15 is 0 Å². The first-order chi connectivity index (χ1) is 15.1. The minimum absolute atomic E-state index is 0.0487. The van der Waals surface area contributed by atoms with Gasteiger partial charge in [-0.2, -0.15) is 0 Å². The number of rotatable bonds is 3. The van der Waals surface area contributed by atoms with Crippen molar-refractivity contribution in [1.82, 2.24) is 19.9 Å². The molecule has 0 saturated heterocycles. The number of methoxy groups -OCH3 is 1. The average molecular weight is 435 g/mol. The predicted octanol–water partition coefficient (Wildman–Crippen LogP) is 4.56. The number of nitrogens with zero attached hydrogens (tertiary/aromatic N) is 3. The van der Waals surface area contributed by atoms with Gasteiger partial charge in [-0.25, -0.2) is 15.0 Å². The average Bonchev–Trinajstić information content (AvgIpc) is 3.37. The van der Waals surface area contributed by atoms with Gasteiger partial charge in [0.1, 0.15) is 22.6 Å². The summed E-state index contributed by atoms with van der Waals surface area (Å²) in [4.78, 5) is 29.7. The van der Waals surface area contributed by atoms with E-state index in [-0.39, 0.29) is 10.7 Å². The fourth-order valence-corrected chi connectivity index (χ4v) is 7.85. The minimum Gasteiger partial charge on any atom is -0.497 e. The SMILES string of the molecule is COc1ccc2c(c1)CC[C@H]1[C@@H]2CC[C@@]2(C)C(=O)[C@@H](Sc3ncnc4nc[nH]c34)C[C@@H]12. The molecule has 0 aliphatic heterocycles. The van der Waals surface area contributed by atoms with Crippen molar-refractivity contribution in [3.05, 3.63) is 42.0 Å². The molecule has 1 aromatic carbocycles. The zero-order valence-corrected chi connectivity index (χ0v) is 18.6. The molecule has 7 heteroatoms. The Hall–Kier alpha value is -2.41. The van der Waals surface area contributed by atoms with Crippen LogP contribution in [-0.2, 0) is 11.2 Å². The van der Waals surface area contributed by atoms with Crippen LogP contribution in [0.3, 0.4) is 0 Å². The number of nitrogens with one attached hydrogen (secondary N) is 1. The number of thioether (sulfide) groups is 1. The van der Waals surface area contributed by atoms with Crippen molar-refractivity contribution >= 4 is 28.7 Å². The summed E-state index contributed by atoms with van der Waals surface area (Å²) in [5.74, 6) is 2.92.